The quantitative estimate of drug-likeness (QED) is 0.829. The van der Waals surface area contributed by atoms with Gasteiger partial charge in [0.25, 0.3) is 0 Å². The van der Waals surface area contributed by atoms with Crippen LogP contribution in [-0.2, 0) is 6.42 Å². The van der Waals surface area contributed by atoms with E-state index in [0.717, 1.165) is 62.4 Å². The number of nitrogens with two attached hydrogens (primary N) is 1. The molecule has 1 aromatic carbocycles. The molecule has 1 saturated heterocycles. The molecule has 2 aliphatic heterocycles. The first-order valence-corrected chi connectivity index (χ1v) is 6.70. The number of nitrogens with zero attached hydrogens (tertiary/aromatic N) is 1. The van der Waals surface area contributed by atoms with E-state index in [1.807, 2.05) is 0 Å². The van der Waals surface area contributed by atoms with E-state index < -0.39 is 0 Å². The number of hydrogen-bond acceptors (Lipinski definition) is 3. The molecule has 0 spiro atoms. The van der Waals surface area contributed by atoms with E-state index in [4.69, 9.17) is 10.5 Å². The maximum atomic E-state index is 13.7. The maximum Gasteiger partial charge on any atom is 0.145 e. The molecule has 3 rings (SSSR count). The van der Waals surface area contributed by atoms with Crippen molar-refractivity contribution in [2.24, 2.45) is 5.73 Å². The molecule has 0 aliphatic carbocycles. The third kappa shape index (κ3) is 2.17. The highest BCUT2D eigenvalue weighted by molar-refractivity contribution is 5.63. The first-order chi connectivity index (χ1) is 8.74. The van der Waals surface area contributed by atoms with Gasteiger partial charge < -0.3 is 15.4 Å². The van der Waals surface area contributed by atoms with Crippen LogP contribution in [0, 0.1) is 5.82 Å². The predicted octanol–water partition coefficient (Wildman–Crippen LogP) is 2.08. The Morgan fingerprint density at radius 1 is 1.28 bits per heavy atom. The second kappa shape index (κ2) is 4.76. The third-order valence-corrected chi connectivity index (χ3v) is 3.83. The van der Waals surface area contributed by atoms with Crippen LogP contribution < -0.4 is 15.4 Å². The molecule has 4 heteroatoms. The van der Waals surface area contributed by atoms with Crippen LogP contribution >= 0.6 is 0 Å². The molecule has 1 aromatic rings. The molecular weight excluding hydrogens is 231 g/mol. The lowest BCUT2D eigenvalue weighted by molar-refractivity contribution is 0.287. The fourth-order valence-corrected chi connectivity index (χ4v) is 2.80. The van der Waals surface area contributed by atoms with E-state index in [2.05, 4.69) is 4.90 Å². The van der Waals surface area contributed by atoms with Crippen molar-refractivity contribution < 1.29 is 9.13 Å². The molecule has 0 unspecified atom stereocenters. The van der Waals surface area contributed by atoms with Crippen LogP contribution in [0.1, 0.15) is 24.8 Å². The van der Waals surface area contributed by atoms with Crippen LogP contribution in [-0.4, -0.2) is 25.7 Å². The van der Waals surface area contributed by atoms with Gasteiger partial charge in [-0.25, -0.2) is 4.39 Å². The highest BCUT2D eigenvalue weighted by Crippen LogP contribution is 2.37. The summed E-state index contributed by atoms with van der Waals surface area (Å²) in [6.45, 7) is 2.51. The summed E-state index contributed by atoms with van der Waals surface area (Å²) in [4.78, 5) is 2.20. The highest BCUT2D eigenvalue weighted by Gasteiger charge is 2.23. The molecule has 0 saturated carbocycles. The third-order valence-electron chi connectivity index (χ3n) is 3.83. The van der Waals surface area contributed by atoms with Crippen LogP contribution in [0.5, 0.6) is 5.75 Å². The van der Waals surface area contributed by atoms with Crippen molar-refractivity contribution in [3.8, 4) is 5.75 Å². The zero-order valence-corrected chi connectivity index (χ0v) is 10.5. The molecule has 0 atom stereocenters. The topological polar surface area (TPSA) is 38.5 Å². The van der Waals surface area contributed by atoms with Gasteiger partial charge in [0.05, 0.1) is 12.3 Å². The van der Waals surface area contributed by atoms with Gasteiger partial charge in [0.1, 0.15) is 11.6 Å². The molecule has 2 aliphatic rings. The first kappa shape index (κ1) is 11.8. The van der Waals surface area contributed by atoms with Crippen molar-refractivity contribution in [2.45, 2.75) is 31.7 Å². The van der Waals surface area contributed by atoms with Crippen molar-refractivity contribution >= 4 is 5.69 Å². The van der Waals surface area contributed by atoms with Crippen molar-refractivity contribution in [1.29, 1.82) is 0 Å². The minimum absolute atomic E-state index is 0.163. The number of aryl methyl sites for hydroxylation is 1. The van der Waals surface area contributed by atoms with E-state index in [-0.39, 0.29) is 11.9 Å². The van der Waals surface area contributed by atoms with Crippen LogP contribution in [0.25, 0.3) is 0 Å². The number of fused-ring (bicyclic) bond motifs is 1. The van der Waals surface area contributed by atoms with Crippen LogP contribution in [0.2, 0.25) is 0 Å². The van der Waals surface area contributed by atoms with Gasteiger partial charge in [0.15, 0.2) is 0 Å². The predicted molar refractivity (Wildman–Crippen MR) is 69.6 cm³/mol. The van der Waals surface area contributed by atoms with Crippen molar-refractivity contribution in [3.63, 3.8) is 0 Å². The summed E-state index contributed by atoms with van der Waals surface area (Å²) in [5.41, 5.74) is 7.83. The Kier molecular flexibility index (Phi) is 3.12. The van der Waals surface area contributed by atoms with Crippen molar-refractivity contribution in [1.82, 2.24) is 0 Å². The Bertz CT molecular complexity index is 442. The van der Waals surface area contributed by atoms with E-state index >= 15 is 0 Å². The number of ether oxygens (including phenoxy) is 1. The average Bonchev–Trinajstić information content (AvgIpc) is 2.38. The molecular formula is C14H19FN2O. The number of piperidine rings is 1. The normalized spacial score (nSPS) is 20.4. The van der Waals surface area contributed by atoms with Gasteiger partial charge in [-0.1, -0.05) is 0 Å². The molecule has 3 nitrogen and oxygen atoms in total. The Morgan fingerprint density at radius 2 is 2.06 bits per heavy atom. The second-order valence-electron chi connectivity index (χ2n) is 5.19. The Morgan fingerprint density at radius 3 is 2.83 bits per heavy atom. The summed E-state index contributed by atoms with van der Waals surface area (Å²) in [6, 6.07) is 3.49. The van der Waals surface area contributed by atoms with Gasteiger partial charge in [0, 0.05) is 25.2 Å². The Balaban J connectivity index is 1.93. The van der Waals surface area contributed by atoms with E-state index in [1.165, 1.54) is 0 Å². The van der Waals surface area contributed by atoms with Gasteiger partial charge in [0.2, 0.25) is 0 Å². The number of benzene rings is 1. The molecule has 18 heavy (non-hydrogen) atoms. The summed E-state index contributed by atoms with van der Waals surface area (Å²) in [6.07, 6.45) is 3.81. The number of rotatable bonds is 1. The Hall–Kier alpha value is -1.29. The molecule has 0 bridgehead atoms. The minimum atomic E-state index is -0.163. The summed E-state index contributed by atoms with van der Waals surface area (Å²) in [5, 5.41) is 0. The Labute approximate surface area is 107 Å². The molecule has 0 radical (unpaired) electrons. The summed E-state index contributed by atoms with van der Waals surface area (Å²) < 4.78 is 19.4. The average molecular weight is 250 g/mol. The van der Waals surface area contributed by atoms with Crippen LogP contribution in [0.3, 0.4) is 0 Å². The first-order valence-electron chi connectivity index (χ1n) is 6.70. The zero-order chi connectivity index (χ0) is 12.5. The molecule has 1 fully saturated rings. The molecule has 0 aromatic heterocycles. The van der Waals surface area contributed by atoms with Gasteiger partial charge in [-0.3, -0.25) is 0 Å². The largest absolute Gasteiger partial charge is 0.491 e. The molecule has 2 N–H and O–H groups in total. The van der Waals surface area contributed by atoms with Gasteiger partial charge in [-0.05, 0) is 37.3 Å². The maximum absolute atomic E-state index is 13.7. The molecule has 2 heterocycles. The van der Waals surface area contributed by atoms with E-state index in [1.54, 1.807) is 12.1 Å². The van der Waals surface area contributed by atoms with Gasteiger partial charge >= 0.3 is 0 Å². The number of anilines is 1. The lowest BCUT2D eigenvalue weighted by Gasteiger charge is -2.34. The van der Waals surface area contributed by atoms with Gasteiger partial charge in [-0.2, -0.15) is 0 Å². The monoisotopic (exact) mass is 250 g/mol. The number of halogens is 1. The van der Waals surface area contributed by atoms with E-state index in [0.29, 0.717) is 0 Å². The standard InChI is InChI=1S/C14H19FN2O/c15-11-8-10-2-1-7-18-14(10)13(9-11)17-5-3-12(16)4-6-17/h8-9,12H,1-7,16H2. The SMILES string of the molecule is NC1CCN(c2cc(F)cc3c2OCCC3)CC1. The minimum Gasteiger partial charge on any atom is -0.491 e. The molecule has 98 valence electrons. The van der Waals surface area contributed by atoms with Crippen LogP contribution in [0.15, 0.2) is 12.1 Å². The number of hydrogen-bond donors (Lipinski definition) is 1. The van der Waals surface area contributed by atoms with E-state index in [9.17, 15) is 4.39 Å². The van der Waals surface area contributed by atoms with Crippen molar-refractivity contribution in [3.05, 3.63) is 23.5 Å². The molecule has 0 amide bonds. The fourth-order valence-electron chi connectivity index (χ4n) is 2.80. The highest BCUT2D eigenvalue weighted by atomic mass is 19.1. The summed E-state index contributed by atoms with van der Waals surface area (Å²) in [7, 11) is 0. The van der Waals surface area contributed by atoms with Gasteiger partial charge in [-0.15, -0.1) is 0 Å². The smallest absolute Gasteiger partial charge is 0.145 e. The zero-order valence-electron chi connectivity index (χ0n) is 10.5. The lowest BCUT2D eigenvalue weighted by atomic mass is 10.0. The fraction of sp³-hybridized carbons (Fsp3) is 0.571. The lowest BCUT2D eigenvalue weighted by Crippen LogP contribution is -2.40. The van der Waals surface area contributed by atoms with Crippen molar-refractivity contribution in [2.75, 3.05) is 24.6 Å². The summed E-state index contributed by atoms with van der Waals surface area (Å²) in [5.74, 6) is 0.724. The second-order valence-corrected chi connectivity index (χ2v) is 5.19. The van der Waals surface area contributed by atoms with Crippen LogP contribution in [0.4, 0.5) is 10.1 Å². The summed E-state index contributed by atoms with van der Waals surface area (Å²) >= 11 is 0.